The van der Waals surface area contributed by atoms with Crippen LogP contribution in [0.25, 0.3) is 11.3 Å². The molecule has 1 atom stereocenters. The van der Waals surface area contributed by atoms with E-state index in [1.165, 1.54) is 30.5 Å². The van der Waals surface area contributed by atoms with Crippen LogP contribution >= 0.6 is 0 Å². The number of sulfonamides is 1. The fourth-order valence-electron chi connectivity index (χ4n) is 4.11. The number of carbonyl (C=O) groups excluding carboxylic acids is 1. The molecule has 1 saturated heterocycles. The molecule has 0 saturated carbocycles. The molecule has 3 aromatic rings. The highest BCUT2D eigenvalue weighted by Gasteiger charge is 2.41. The van der Waals surface area contributed by atoms with Gasteiger partial charge in [0, 0.05) is 23.8 Å². The fraction of sp³-hybridized carbons (Fsp3) is 0.292. The molecule has 1 aliphatic rings. The number of H-pyrrole nitrogens is 1. The van der Waals surface area contributed by atoms with E-state index in [0.29, 0.717) is 12.2 Å². The molecule has 2 aromatic heterocycles. The molecule has 1 amide bonds. The maximum Gasteiger partial charge on any atom is 0.269 e. The summed E-state index contributed by atoms with van der Waals surface area (Å²) >= 11 is 0. The molecule has 0 radical (unpaired) electrons. The van der Waals surface area contributed by atoms with Crippen molar-refractivity contribution in [1.82, 2.24) is 14.7 Å². The smallest absolute Gasteiger partial charge is 0.269 e. The van der Waals surface area contributed by atoms with Crippen LogP contribution in [-0.2, 0) is 10.0 Å². The first kappa shape index (κ1) is 23.6. The topological polar surface area (TPSA) is 112 Å². The number of nitrogens with one attached hydrogen (secondary N) is 2. The van der Waals surface area contributed by atoms with Crippen LogP contribution in [0.1, 0.15) is 37.6 Å². The molecule has 3 heterocycles. The van der Waals surface area contributed by atoms with Crippen molar-refractivity contribution < 1.29 is 17.6 Å². The third-order valence-corrected chi connectivity index (χ3v) is 7.87. The lowest BCUT2D eigenvalue weighted by atomic mass is 9.90. The van der Waals surface area contributed by atoms with Gasteiger partial charge in [-0.3, -0.25) is 9.59 Å². The quantitative estimate of drug-likeness (QED) is 0.575. The molecule has 178 valence electrons. The van der Waals surface area contributed by atoms with Gasteiger partial charge in [-0.25, -0.2) is 22.5 Å². The Kier molecular flexibility index (Phi) is 6.03. The zero-order chi connectivity index (χ0) is 24.7. The molecule has 34 heavy (non-hydrogen) atoms. The summed E-state index contributed by atoms with van der Waals surface area (Å²) in [5, 5.41) is 0. The minimum atomic E-state index is -4.44. The lowest BCUT2D eigenvalue weighted by Crippen LogP contribution is -2.44. The third kappa shape index (κ3) is 4.21. The van der Waals surface area contributed by atoms with E-state index in [2.05, 4.69) is 16.9 Å². The second-order valence-corrected chi connectivity index (χ2v) is 10.5. The Bertz CT molecular complexity index is 1420. The number of hydrogen-bond acceptors (Lipinski definition) is 6. The van der Waals surface area contributed by atoms with Crippen molar-refractivity contribution in [2.24, 2.45) is 5.92 Å². The van der Waals surface area contributed by atoms with Gasteiger partial charge in [0.1, 0.15) is 11.6 Å². The third-order valence-electron chi connectivity index (χ3n) is 6.51. The molecule has 1 fully saturated rings. The number of anilines is 1. The van der Waals surface area contributed by atoms with E-state index in [4.69, 9.17) is 0 Å². The Labute approximate surface area is 196 Å². The van der Waals surface area contributed by atoms with E-state index in [1.54, 1.807) is 18.2 Å². The van der Waals surface area contributed by atoms with Crippen LogP contribution in [-0.4, -0.2) is 36.4 Å². The van der Waals surface area contributed by atoms with Gasteiger partial charge >= 0.3 is 0 Å². The summed E-state index contributed by atoms with van der Waals surface area (Å²) in [6, 6.07) is 11.5. The van der Waals surface area contributed by atoms with Gasteiger partial charge in [-0.15, -0.1) is 0 Å². The summed E-state index contributed by atoms with van der Waals surface area (Å²) < 4.78 is 41.9. The van der Waals surface area contributed by atoms with Gasteiger partial charge in [0.15, 0.2) is 4.90 Å². The second kappa shape index (κ2) is 8.68. The molecule has 0 bridgehead atoms. The Morgan fingerprint density at radius 1 is 1.18 bits per heavy atom. The molecule has 10 heteroatoms. The van der Waals surface area contributed by atoms with Crippen LogP contribution in [0.5, 0.6) is 0 Å². The maximum atomic E-state index is 14.5. The average molecular weight is 485 g/mol. The predicted molar refractivity (Wildman–Crippen MR) is 127 cm³/mol. The molecule has 1 unspecified atom stereocenters. The van der Waals surface area contributed by atoms with E-state index in [0.717, 1.165) is 12.5 Å². The van der Waals surface area contributed by atoms with Gasteiger partial charge < -0.3 is 9.88 Å². The minimum absolute atomic E-state index is 0.0122. The molecule has 1 aliphatic heterocycles. The van der Waals surface area contributed by atoms with Crippen molar-refractivity contribution in [3.8, 4) is 11.3 Å². The van der Waals surface area contributed by atoms with Gasteiger partial charge in [-0.05, 0) is 62.6 Å². The monoisotopic (exact) mass is 484 g/mol. The highest BCUT2D eigenvalue weighted by molar-refractivity contribution is 7.90. The normalized spacial score (nSPS) is 17.5. The van der Waals surface area contributed by atoms with E-state index in [9.17, 15) is 22.4 Å². The van der Waals surface area contributed by atoms with Crippen molar-refractivity contribution >= 4 is 21.7 Å². The summed E-state index contributed by atoms with van der Waals surface area (Å²) in [7, 11) is -4.44. The number of hydrogen-bond donors (Lipinski definition) is 2. The summed E-state index contributed by atoms with van der Waals surface area (Å²) in [5.41, 5.74) is -0.624. The molecule has 8 nitrogen and oxygen atoms in total. The number of pyridine rings is 2. The van der Waals surface area contributed by atoms with Gasteiger partial charge in [0.2, 0.25) is 0 Å². The number of amides is 1. The first-order valence-electron chi connectivity index (χ1n) is 10.8. The molecule has 0 spiro atoms. The van der Waals surface area contributed by atoms with Crippen molar-refractivity contribution in [2.45, 2.75) is 37.6 Å². The lowest BCUT2D eigenvalue weighted by Gasteiger charge is -2.36. The number of aromatic amines is 1. The number of aromatic nitrogens is 2. The molecule has 4 rings (SSSR count). The number of benzene rings is 1. The van der Waals surface area contributed by atoms with E-state index >= 15 is 0 Å². The highest BCUT2D eigenvalue weighted by Crippen LogP contribution is 2.39. The van der Waals surface area contributed by atoms with Gasteiger partial charge in [0.05, 0.1) is 11.3 Å². The summed E-state index contributed by atoms with van der Waals surface area (Å²) in [5.74, 6) is -0.863. The standard InChI is InChI=1S/C24H25FN4O4S/c1-15-12-14-29(24(15,2)3)21-17(10-11-19(27-21)16-7-4-5-8-18(16)25)22(30)28-34(32,33)20-9-6-13-26-23(20)31/h4-11,13,15H,12,14H2,1-3H3,(H,26,31)(H,28,30). The van der Waals surface area contributed by atoms with Crippen LogP contribution < -0.4 is 15.2 Å². The SMILES string of the molecule is CC1CCN(c2nc(-c3ccccc3F)ccc2C(=O)NS(=O)(=O)c2ccc[nH]c2=O)C1(C)C. The van der Waals surface area contributed by atoms with E-state index in [-0.39, 0.29) is 28.4 Å². The molecular formula is C24H25FN4O4S. The van der Waals surface area contributed by atoms with Gasteiger partial charge in [0.25, 0.3) is 21.5 Å². The highest BCUT2D eigenvalue weighted by atomic mass is 32.2. The van der Waals surface area contributed by atoms with Crippen LogP contribution in [0.2, 0.25) is 0 Å². The Balaban J connectivity index is 1.80. The number of rotatable bonds is 5. The minimum Gasteiger partial charge on any atom is -0.351 e. The number of carbonyl (C=O) groups is 1. The zero-order valence-corrected chi connectivity index (χ0v) is 19.8. The molecule has 0 aliphatic carbocycles. The van der Waals surface area contributed by atoms with Crippen molar-refractivity contribution in [2.75, 3.05) is 11.4 Å². The Morgan fingerprint density at radius 3 is 2.56 bits per heavy atom. The maximum absolute atomic E-state index is 14.5. The van der Waals surface area contributed by atoms with Crippen molar-refractivity contribution in [3.63, 3.8) is 0 Å². The van der Waals surface area contributed by atoms with Crippen LogP contribution in [0.3, 0.4) is 0 Å². The molecular weight excluding hydrogens is 459 g/mol. The summed E-state index contributed by atoms with van der Waals surface area (Å²) in [6.45, 7) is 6.72. The predicted octanol–water partition coefficient (Wildman–Crippen LogP) is 3.32. The number of nitrogens with zero attached hydrogens (tertiary/aromatic N) is 2. The van der Waals surface area contributed by atoms with Crippen molar-refractivity contribution in [3.05, 3.63) is 76.5 Å². The van der Waals surface area contributed by atoms with E-state index in [1.807, 2.05) is 23.5 Å². The number of halogens is 1. The van der Waals surface area contributed by atoms with E-state index < -0.39 is 32.2 Å². The zero-order valence-electron chi connectivity index (χ0n) is 19.0. The largest absolute Gasteiger partial charge is 0.351 e. The second-order valence-electron chi connectivity index (χ2n) is 8.84. The summed E-state index contributed by atoms with van der Waals surface area (Å²) in [6.07, 6.45) is 2.14. The Morgan fingerprint density at radius 2 is 1.91 bits per heavy atom. The molecule has 2 N–H and O–H groups in total. The lowest BCUT2D eigenvalue weighted by molar-refractivity contribution is 0.0981. The molecule has 1 aromatic carbocycles. The average Bonchev–Trinajstić information content (AvgIpc) is 3.05. The Hall–Kier alpha value is -3.53. The van der Waals surface area contributed by atoms with Crippen LogP contribution in [0, 0.1) is 11.7 Å². The fourth-order valence-corrected chi connectivity index (χ4v) is 5.13. The van der Waals surface area contributed by atoms with Gasteiger partial charge in [-0.2, -0.15) is 0 Å². The first-order chi connectivity index (χ1) is 16.0. The summed E-state index contributed by atoms with van der Waals surface area (Å²) in [4.78, 5) is 33.4. The van der Waals surface area contributed by atoms with Gasteiger partial charge in [-0.1, -0.05) is 19.1 Å². The van der Waals surface area contributed by atoms with Crippen molar-refractivity contribution in [1.29, 1.82) is 0 Å². The first-order valence-corrected chi connectivity index (χ1v) is 12.3. The van der Waals surface area contributed by atoms with Crippen LogP contribution in [0.4, 0.5) is 10.2 Å². The van der Waals surface area contributed by atoms with Crippen LogP contribution in [0.15, 0.2) is 64.4 Å².